The maximum Gasteiger partial charge on any atom is 0.222 e. The van der Waals surface area contributed by atoms with Crippen molar-refractivity contribution < 1.29 is 4.79 Å². The van der Waals surface area contributed by atoms with Gasteiger partial charge in [-0.1, -0.05) is 13.8 Å². The van der Waals surface area contributed by atoms with Crippen LogP contribution >= 0.6 is 0 Å². The van der Waals surface area contributed by atoms with E-state index in [0.29, 0.717) is 6.54 Å². The van der Waals surface area contributed by atoms with Crippen LogP contribution in [0.15, 0.2) is 6.33 Å². The van der Waals surface area contributed by atoms with Gasteiger partial charge >= 0.3 is 0 Å². The molecule has 0 aliphatic carbocycles. The van der Waals surface area contributed by atoms with Crippen LogP contribution in [0.1, 0.15) is 25.2 Å². The zero-order valence-electron chi connectivity index (χ0n) is 10.1. The van der Waals surface area contributed by atoms with Gasteiger partial charge in [0.15, 0.2) is 0 Å². The molecule has 16 heavy (non-hydrogen) atoms. The number of carbonyl (C=O) groups is 1. The molecule has 0 atom stereocenters. The first kappa shape index (κ1) is 12.7. The molecule has 1 amide bonds. The summed E-state index contributed by atoms with van der Waals surface area (Å²) >= 11 is 0. The number of imidazole rings is 1. The molecule has 0 aliphatic heterocycles. The summed E-state index contributed by atoms with van der Waals surface area (Å²) in [7, 11) is 0. The van der Waals surface area contributed by atoms with E-state index < -0.39 is 0 Å². The van der Waals surface area contributed by atoms with Crippen molar-refractivity contribution in [1.29, 1.82) is 0 Å². The molecule has 1 aromatic rings. The van der Waals surface area contributed by atoms with E-state index in [9.17, 15) is 4.79 Å². The Morgan fingerprint density at radius 1 is 1.50 bits per heavy atom. The number of H-pyrrole nitrogens is 1. The van der Waals surface area contributed by atoms with Crippen LogP contribution in [0.4, 0.5) is 0 Å². The number of carbonyl (C=O) groups excluding carboxylic acids is 1. The summed E-state index contributed by atoms with van der Waals surface area (Å²) in [6.07, 6.45) is 1.69. The number of aromatic amines is 1. The fourth-order valence-electron chi connectivity index (χ4n) is 1.25. The maximum atomic E-state index is 11.2. The summed E-state index contributed by atoms with van der Waals surface area (Å²) in [6.45, 7) is 7.90. The summed E-state index contributed by atoms with van der Waals surface area (Å²) in [5.74, 6) is 0.145. The highest BCUT2D eigenvalue weighted by Crippen LogP contribution is 1.98. The Balaban J connectivity index is 2.09. The van der Waals surface area contributed by atoms with Gasteiger partial charge in [0.1, 0.15) is 0 Å². The molecular formula is C11H20N4O. The molecule has 5 heteroatoms. The second-order valence-corrected chi connectivity index (χ2v) is 4.10. The second-order valence-electron chi connectivity index (χ2n) is 4.10. The Hall–Kier alpha value is -1.36. The van der Waals surface area contributed by atoms with Crippen molar-refractivity contribution >= 4 is 5.91 Å². The third kappa shape index (κ3) is 4.02. The van der Waals surface area contributed by atoms with Crippen molar-refractivity contribution in [3.05, 3.63) is 17.7 Å². The van der Waals surface area contributed by atoms with E-state index in [2.05, 4.69) is 20.6 Å². The third-order valence-electron chi connectivity index (χ3n) is 2.35. The molecule has 0 spiro atoms. The molecule has 1 heterocycles. The van der Waals surface area contributed by atoms with E-state index in [1.807, 2.05) is 20.8 Å². The molecule has 5 nitrogen and oxygen atoms in total. The molecule has 0 radical (unpaired) electrons. The van der Waals surface area contributed by atoms with Crippen LogP contribution in [0, 0.1) is 12.8 Å². The fraction of sp³-hybridized carbons (Fsp3) is 0.636. The Kier molecular flexibility index (Phi) is 4.98. The Labute approximate surface area is 96.0 Å². The quantitative estimate of drug-likeness (QED) is 0.619. The first-order valence-corrected chi connectivity index (χ1v) is 5.58. The normalized spacial score (nSPS) is 10.8. The zero-order chi connectivity index (χ0) is 12.0. The minimum atomic E-state index is 0.0496. The summed E-state index contributed by atoms with van der Waals surface area (Å²) in [5, 5.41) is 6.07. The van der Waals surface area contributed by atoms with Gasteiger partial charge in [-0.15, -0.1) is 0 Å². The Morgan fingerprint density at radius 2 is 2.25 bits per heavy atom. The van der Waals surface area contributed by atoms with Crippen LogP contribution in [0.25, 0.3) is 0 Å². The van der Waals surface area contributed by atoms with E-state index in [0.717, 1.165) is 24.5 Å². The van der Waals surface area contributed by atoms with E-state index in [-0.39, 0.29) is 11.8 Å². The van der Waals surface area contributed by atoms with Crippen molar-refractivity contribution in [2.75, 3.05) is 13.1 Å². The van der Waals surface area contributed by atoms with Crippen LogP contribution in [-0.2, 0) is 11.3 Å². The molecule has 0 saturated heterocycles. The standard InChI is InChI=1S/C11H20N4O/c1-8(2)11(16)13-5-4-12-6-10-9(3)14-7-15-10/h7-8,12H,4-6H2,1-3H3,(H,13,16)(H,14,15). The van der Waals surface area contributed by atoms with Crippen molar-refractivity contribution in [3.63, 3.8) is 0 Å². The van der Waals surface area contributed by atoms with Crippen molar-refractivity contribution in [2.45, 2.75) is 27.3 Å². The lowest BCUT2D eigenvalue weighted by Crippen LogP contribution is -2.34. The molecule has 0 saturated carbocycles. The van der Waals surface area contributed by atoms with E-state index >= 15 is 0 Å². The van der Waals surface area contributed by atoms with E-state index in [1.165, 1.54) is 0 Å². The molecule has 0 fully saturated rings. The van der Waals surface area contributed by atoms with Crippen molar-refractivity contribution in [1.82, 2.24) is 20.6 Å². The second kappa shape index (κ2) is 6.27. The summed E-state index contributed by atoms with van der Waals surface area (Å²) in [4.78, 5) is 18.4. The average Bonchev–Trinajstić information content (AvgIpc) is 2.63. The van der Waals surface area contributed by atoms with Gasteiger partial charge in [0.2, 0.25) is 5.91 Å². The zero-order valence-corrected chi connectivity index (χ0v) is 10.1. The number of nitrogens with one attached hydrogen (secondary N) is 3. The SMILES string of the molecule is Cc1[nH]cnc1CNCCNC(=O)C(C)C. The summed E-state index contributed by atoms with van der Waals surface area (Å²) in [5.41, 5.74) is 2.11. The smallest absolute Gasteiger partial charge is 0.222 e. The van der Waals surface area contributed by atoms with Gasteiger partial charge in [-0.05, 0) is 6.92 Å². The van der Waals surface area contributed by atoms with Crippen LogP contribution in [0.3, 0.4) is 0 Å². The number of rotatable bonds is 6. The van der Waals surface area contributed by atoms with E-state index in [4.69, 9.17) is 0 Å². The summed E-state index contributed by atoms with van der Waals surface area (Å²) in [6, 6.07) is 0. The minimum absolute atomic E-state index is 0.0496. The molecule has 0 unspecified atom stereocenters. The first-order chi connectivity index (χ1) is 7.61. The predicted octanol–water partition coefficient (Wildman–Crippen LogP) is 0.580. The largest absolute Gasteiger partial charge is 0.355 e. The fourth-order valence-corrected chi connectivity index (χ4v) is 1.25. The number of aromatic nitrogens is 2. The van der Waals surface area contributed by atoms with Crippen LogP contribution in [-0.4, -0.2) is 29.0 Å². The number of aryl methyl sites for hydroxylation is 1. The highest BCUT2D eigenvalue weighted by Gasteiger charge is 2.04. The monoisotopic (exact) mass is 224 g/mol. The highest BCUT2D eigenvalue weighted by atomic mass is 16.1. The summed E-state index contributed by atoms with van der Waals surface area (Å²) < 4.78 is 0. The number of hydrogen-bond acceptors (Lipinski definition) is 3. The lowest BCUT2D eigenvalue weighted by Gasteiger charge is -2.08. The average molecular weight is 224 g/mol. The molecular weight excluding hydrogens is 204 g/mol. The van der Waals surface area contributed by atoms with Gasteiger partial charge in [-0.3, -0.25) is 4.79 Å². The maximum absolute atomic E-state index is 11.2. The minimum Gasteiger partial charge on any atom is -0.355 e. The topological polar surface area (TPSA) is 69.8 Å². The van der Waals surface area contributed by atoms with Gasteiger partial charge in [-0.2, -0.15) is 0 Å². The third-order valence-corrected chi connectivity index (χ3v) is 2.35. The molecule has 1 aromatic heterocycles. The Morgan fingerprint density at radius 3 is 2.81 bits per heavy atom. The molecule has 90 valence electrons. The van der Waals surface area contributed by atoms with Gasteiger partial charge in [0.05, 0.1) is 12.0 Å². The number of hydrogen-bond donors (Lipinski definition) is 3. The van der Waals surface area contributed by atoms with Gasteiger partial charge in [0, 0.05) is 31.2 Å². The molecule has 1 rings (SSSR count). The van der Waals surface area contributed by atoms with Crippen LogP contribution < -0.4 is 10.6 Å². The van der Waals surface area contributed by atoms with Crippen molar-refractivity contribution in [3.8, 4) is 0 Å². The van der Waals surface area contributed by atoms with Gasteiger partial charge in [-0.25, -0.2) is 4.98 Å². The number of nitrogens with zero attached hydrogens (tertiary/aromatic N) is 1. The molecule has 0 aromatic carbocycles. The van der Waals surface area contributed by atoms with Crippen molar-refractivity contribution in [2.24, 2.45) is 5.92 Å². The number of amides is 1. The molecule has 3 N–H and O–H groups in total. The van der Waals surface area contributed by atoms with Crippen LogP contribution in [0.5, 0.6) is 0 Å². The Bertz CT molecular complexity index is 332. The van der Waals surface area contributed by atoms with E-state index in [1.54, 1.807) is 6.33 Å². The highest BCUT2D eigenvalue weighted by molar-refractivity contribution is 5.77. The molecule has 0 bridgehead atoms. The van der Waals surface area contributed by atoms with Crippen LogP contribution in [0.2, 0.25) is 0 Å². The van der Waals surface area contributed by atoms with Gasteiger partial charge in [0.25, 0.3) is 0 Å². The lowest BCUT2D eigenvalue weighted by molar-refractivity contribution is -0.123. The first-order valence-electron chi connectivity index (χ1n) is 5.58. The predicted molar refractivity (Wildman–Crippen MR) is 62.9 cm³/mol. The van der Waals surface area contributed by atoms with Gasteiger partial charge < -0.3 is 15.6 Å². The molecule has 0 aliphatic rings. The lowest BCUT2D eigenvalue weighted by atomic mass is 10.2.